The Kier molecular flexibility index (Phi) is 5.62. The Labute approximate surface area is 173 Å². The zero-order valence-corrected chi connectivity index (χ0v) is 18.5. The topological polar surface area (TPSA) is 97.0 Å². The summed E-state index contributed by atoms with van der Waals surface area (Å²) in [5.41, 5.74) is -1.90. The normalized spacial score (nSPS) is 32.7. The molecule has 0 aromatic heterocycles. The van der Waals surface area contributed by atoms with Crippen molar-refractivity contribution in [2.24, 2.45) is 5.92 Å². The molecule has 164 valence electrons. The lowest BCUT2D eigenvalue weighted by molar-refractivity contribution is -0.168. The number of esters is 1. The number of carbonyl (C=O) groups is 3. The number of amides is 2. The van der Waals surface area contributed by atoms with Crippen molar-refractivity contribution in [3.63, 3.8) is 0 Å². The summed E-state index contributed by atoms with van der Waals surface area (Å²) in [6.45, 7) is 11.5. The number of hydrogen-bond donors (Lipinski definition) is 2. The fraction of sp³-hybridized carbons (Fsp3) is 0.857. The molecule has 3 rings (SSSR count). The minimum absolute atomic E-state index is 0.0802. The molecule has 2 saturated heterocycles. The molecule has 8 nitrogen and oxygen atoms in total. The highest BCUT2D eigenvalue weighted by Crippen LogP contribution is 2.52. The van der Waals surface area contributed by atoms with Crippen LogP contribution in [0.4, 0.5) is 4.79 Å². The molecular weight excluding hydrogens is 374 g/mol. The van der Waals surface area contributed by atoms with Crippen LogP contribution in [0.25, 0.3) is 0 Å². The van der Waals surface area contributed by atoms with Gasteiger partial charge in [-0.05, 0) is 66.2 Å². The lowest BCUT2D eigenvalue weighted by atomic mass is 9.85. The minimum atomic E-state index is -0.840. The van der Waals surface area contributed by atoms with E-state index in [1.807, 2.05) is 20.8 Å². The fourth-order valence-electron chi connectivity index (χ4n) is 5.04. The summed E-state index contributed by atoms with van der Waals surface area (Å²) in [4.78, 5) is 40.4. The van der Waals surface area contributed by atoms with Gasteiger partial charge in [0, 0.05) is 5.54 Å². The van der Waals surface area contributed by atoms with Gasteiger partial charge in [-0.15, -0.1) is 0 Å². The largest absolute Gasteiger partial charge is 0.464 e. The first-order chi connectivity index (χ1) is 13.4. The third-order valence-electron chi connectivity index (χ3n) is 6.12. The highest BCUT2D eigenvalue weighted by Gasteiger charge is 2.66. The van der Waals surface area contributed by atoms with Crippen molar-refractivity contribution in [3.05, 3.63) is 0 Å². The van der Waals surface area contributed by atoms with Gasteiger partial charge in [-0.2, -0.15) is 0 Å². The number of nitrogens with zero attached hydrogens (tertiary/aromatic N) is 1. The maximum atomic E-state index is 13.6. The van der Waals surface area contributed by atoms with Crippen molar-refractivity contribution in [1.29, 1.82) is 0 Å². The number of piperidine rings is 1. The van der Waals surface area contributed by atoms with Crippen molar-refractivity contribution in [2.75, 3.05) is 6.61 Å². The highest BCUT2D eigenvalue weighted by atomic mass is 16.6. The van der Waals surface area contributed by atoms with Gasteiger partial charge in [0.25, 0.3) is 0 Å². The monoisotopic (exact) mass is 409 g/mol. The van der Waals surface area contributed by atoms with E-state index in [0.717, 1.165) is 32.1 Å². The van der Waals surface area contributed by atoms with E-state index >= 15 is 0 Å². The Hall–Kier alpha value is -1.83. The molecule has 2 heterocycles. The average molecular weight is 410 g/mol. The zero-order chi connectivity index (χ0) is 21.6. The summed E-state index contributed by atoms with van der Waals surface area (Å²) in [5.74, 6) is -0.508. The predicted octanol–water partition coefficient (Wildman–Crippen LogP) is 2.31. The Bertz CT molecular complexity index is 686. The quantitative estimate of drug-likeness (QED) is 0.534. The predicted molar refractivity (Wildman–Crippen MR) is 107 cm³/mol. The maximum absolute atomic E-state index is 13.6. The number of ether oxygens (including phenoxy) is 2. The van der Waals surface area contributed by atoms with Gasteiger partial charge in [-0.3, -0.25) is 10.1 Å². The highest BCUT2D eigenvalue weighted by molar-refractivity contribution is 5.93. The second-order valence-corrected chi connectivity index (χ2v) is 10.1. The second-order valence-electron chi connectivity index (χ2n) is 10.1. The summed E-state index contributed by atoms with van der Waals surface area (Å²) >= 11 is 0. The Balaban J connectivity index is 1.82. The van der Waals surface area contributed by atoms with Gasteiger partial charge in [0.1, 0.15) is 17.7 Å². The summed E-state index contributed by atoms with van der Waals surface area (Å²) in [5, 5.41) is 6.32. The van der Waals surface area contributed by atoms with Gasteiger partial charge in [0.05, 0.1) is 12.3 Å². The summed E-state index contributed by atoms with van der Waals surface area (Å²) in [6, 6.07) is -1.44. The average Bonchev–Trinajstić information content (AvgIpc) is 3.11. The van der Waals surface area contributed by atoms with Crippen LogP contribution in [0.3, 0.4) is 0 Å². The van der Waals surface area contributed by atoms with E-state index < -0.39 is 35.0 Å². The first kappa shape index (κ1) is 21.9. The molecular formula is C21H35N3O5. The third kappa shape index (κ3) is 4.09. The first-order valence-corrected chi connectivity index (χ1v) is 10.7. The molecule has 8 heteroatoms. The standard InChI is InChI=1S/C21H35N3O5/c1-7-8-11-28-17(26)14-13-9-10-21(12-13)23-20(5,6)15(16(25)24(14)21)22-18(27)29-19(2,3)4/h13-15,23H,7-12H2,1-6H3,(H,22,27)/t13-,14-,15+,21+/m0/s1. The van der Waals surface area contributed by atoms with Crippen molar-refractivity contribution in [1.82, 2.24) is 15.5 Å². The molecule has 0 aromatic rings. The molecule has 0 unspecified atom stereocenters. The molecule has 4 atom stereocenters. The smallest absolute Gasteiger partial charge is 0.408 e. The van der Waals surface area contributed by atoms with E-state index in [0.29, 0.717) is 6.61 Å². The van der Waals surface area contributed by atoms with E-state index in [4.69, 9.17) is 9.47 Å². The van der Waals surface area contributed by atoms with Crippen molar-refractivity contribution in [3.8, 4) is 0 Å². The molecule has 3 aliphatic rings. The number of nitrogens with one attached hydrogen (secondary N) is 2. The van der Waals surface area contributed by atoms with Crippen molar-refractivity contribution in [2.45, 2.75) is 103 Å². The lowest BCUT2D eigenvalue weighted by Gasteiger charge is -2.54. The molecule has 1 aliphatic carbocycles. The fourth-order valence-corrected chi connectivity index (χ4v) is 5.04. The lowest BCUT2D eigenvalue weighted by Crippen LogP contribution is -2.79. The van der Waals surface area contributed by atoms with Crippen LogP contribution in [-0.2, 0) is 19.1 Å². The van der Waals surface area contributed by atoms with Gasteiger partial charge in [-0.1, -0.05) is 13.3 Å². The van der Waals surface area contributed by atoms with Crippen LogP contribution >= 0.6 is 0 Å². The number of alkyl carbamates (subject to hydrolysis) is 1. The van der Waals surface area contributed by atoms with Crippen LogP contribution in [-0.4, -0.2) is 58.4 Å². The van der Waals surface area contributed by atoms with Crippen molar-refractivity contribution >= 4 is 18.0 Å². The SMILES string of the molecule is CCCCOC(=O)[C@@H]1[C@H]2CC[C@@]3(C2)NC(C)(C)[C@H](NC(=O)OC(C)(C)C)C(=O)N13. The van der Waals surface area contributed by atoms with Gasteiger partial charge in [-0.25, -0.2) is 9.59 Å². The zero-order valence-electron chi connectivity index (χ0n) is 18.5. The summed E-state index contributed by atoms with van der Waals surface area (Å²) < 4.78 is 10.8. The van der Waals surface area contributed by atoms with E-state index in [-0.39, 0.29) is 17.8 Å². The molecule has 1 spiro atoms. The number of carbonyl (C=O) groups excluding carboxylic acids is 3. The number of fused-ring (bicyclic) bond motifs is 1. The third-order valence-corrected chi connectivity index (χ3v) is 6.12. The van der Waals surface area contributed by atoms with E-state index in [1.165, 1.54) is 0 Å². The van der Waals surface area contributed by atoms with Gasteiger partial charge >= 0.3 is 12.1 Å². The maximum Gasteiger partial charge on any atom is 0.408 e. The molecule has 1 saturated carbocycles. The Morgan fingerprint density at radius 3 is 2.62 bits per heavy atom. The summed E-state index contributed by atoms with van der Waals surface area (Å²) in [7, 11) is 0. The summed E-state index contributed by atoms with van der Waals surface area (Å²) in [6.07, 6.45) is 3.50. The van der Waals surface area contributed by atoms with Crippen LogP contribution in [0, 0.1) is 5.92 Å². The van der Waals surface area contributed by atoms with Gasteiger partial charge in [0.2, 0.25) is 5.91 Å². The van der Waals surface area contributed by atoms with Gasteiger partial charge < -0.3 is 19.7 Å². The Morgan fingerprint density at radius 1 is 1.31 bits per heavy atom. The van der Waals surface area contributed by atoms with Crippen LogP contribution in [0.1, 0.15) is 73.6 Å². The minimum Gasteiger partial charge on any atom is -0.464 e. The van der Waals surface area contributed by atoms with Crippen molar-refractivity contribution < 1.29 is 23.9 Å². The number of rotatable bonds is 5. The molecule has 29 heavy (non-hydrogen) atoms. The molecule has 2 amide bonds. The molecule has 2 bridgehead atoms. The molecule has 0 radical (unpaired) electrons. The van der Waals surface area contributed by atoms with Gasteiger partial charge in [0.15, 0.2) is 0 Å². The number of hydrogen-bond acceptors (Lipinski definition) is 6. The van der Waals surface area contributed by atoms with Crippen LogP contribution in [0.15, 0.2) is 0 Å². The first-order valence-electron chi connectivity index (χ1n) is 10.7. The van der Waals surface area contributed by atoms with Crippen LogP contribution in [0.5, 0.6) is 0 Å². The van der Waals surface area contributed by atoms with E-state index in [1.54, 1.807) is 25.7 Å². The molecule has 2 aliphatic heterocycles. The van der Waals surface area contributed by atoms with E-state index in [2.05, 4.69) is 10.6 Å². The molecule has 2 N–H and O–H groups in total. The number of unbranched alkanes of at least 4 members (excludes halogenated alkanes) is 1. The van der Waals surface area contributed by atoms with Crippen LogP contribution in [0.2, 0.25) is 0 Å². The second kappa shape index (κ2) is 7.45. The molecule has 0 aromatic carbocycles. The van der Waals surface area contributed by atoms with E-state index in [9.17, 15) is 14.4 Å². The van der Waals surface area contributed by atoms with Crippen LogP contribution < -0.4 is 10.6 Å². The molecule has 3 fully saturated rings. The Morgan fingerprint density at radius 2 is 2.00 bits per heavy atom.